The molecule has 1 heteroatoms. The van der Waals surface area contributed by atoms with Gasteiger partial charge in [-0.1, -0.05) is 0 Å². The van der Waals surface area contributed by atoms with Crippen LogP contribution >= 0.6 is 7.26 Å². The molecule has 0 aliphatic rings. The molecule has 0 bridgehead atoms. The molecule has 1 aromatic carbocycles. The van der Waals surface area contributed by atoms with Gasteiger partial charge in [0.25, 0.3) is 0 Å². The van der Waals surface area contributed by atoms with Crippen LogP contribution in [-0.4, -0.2) is 19.5 Å². The molecule has 0 aromatic heterocycles. The van der Waals surface area contributed by atoms with Crippen molar-refractivity contribution in [2.45, 2.75) is 71.1 Å². The Morgan fingerprint density at radius 1 is 0.667 bits per heavy atom. The van der Waals surface area contributed by atoms with Crippen molar-refractivity contribution in [1.82, 2.24) is 0 Å². The molecule has 1 rings (SSSR count). The van der Waals surface area contributed by atoms with Gasteiger partial charge in [-0.25, -0.2) is 0 Å². The van der Waals surface area contributed by atoms with Crippen LogP contribution in [0.2, 0.25) is 0 Å². The Morgan fingerprint density at radius 2 is 1.14 bits per heavy atom. The van der Waals surface area contributed by atoms with Gasteiger partial charge in [-0.3, -0.25) is 0 Å². The predicted octanol–water partition coefficient (Wildman–Crippen LogP) is 6.24. The standard InChI is InChI=1S/C20H37P/c1-4-5-6-7-8-9-10-11-12-16-19-21(2,3)20-17-14-13-15-18-20/h13-15,17-18,21H,4-12,16,19H2,1-3H3. The summed E-state index contributed by atoms with van der Waals surface area (Å²) in [5.74, 6) is 0. The van der Waals surface area contributed by atoms with Gasteiger partial charge in [0.2, 0.25) is 0 Å². The molecular formula is C20H37P. The molecule has 0 aliphatic carbocycles. The summed E-state index contributed by atoms with van der Waals surface area (Å²) in [6, 6.07) is 11.2. The first-order chi connectivity index (χ1) is 10.2. The van der Waals surface area contributed by atoms with Crippen LogP contribution in [0.5, 0.6) is 0 Å². The monoisotopic (exact) mass is 308 g/mol. The van der Waals surface area contributed by atoms with Crippen LogP contribution < -0.4 is 5.30 Å². The third-order valence-electron chi connectivity index (χ3n) is 4.71. The van der Waals surface area contributed by atoms with E-state index in [1.54, 1.807) is 5.30 Å². The molecule has 0 atom stereocenters. The van der Waals surface area contributed by atoms with Crippen molar-refractivity contribution >= 4 is 12.6 Å². The second kappa shape index (κ2) is 11.2. The molecule has 0 saturated carbocycles. The third kappa shape index (κ3) is 8.62. The summed E-state index contributed by atoms with van der Waals surface area (Å²) in [6.07, 6.45) is 15.9. The van der Waals surface area contributed by atoms with Gasteiger partial charge < -0.3 is 0 Å². The summed E-state index contributed by atoms with van der Waals surface area (Å²) < 4.78 is 0. The van der Waals surface area contributed by atoms with E-state index >= 15 is 0 Å². The van der Waals surface area contributed by atoms with Gasteiger partial charge in [0.05, 0.1) is 0 Å². The van der Waals surface area contributed by atoms with Gasteiger partial charge in [0, 0.05) is 0 Å². The molecule has 0 N–H and O–H groups in total. The summed E-state index contributed by atoms with van der Waals surface area (Å²) in [5, 5.41) is 1.63. The first kappa shape index (κ1) is 18.7. The Labute approximate surface area is 134 Å². The number of hydrogen-bond donors (Lipinski definition) is 0. The summed E-state index contributed by atoms with van der Waals surface area (Å²) in [7, 11) is -1.17. The number of rotatable bonds is 12. The second-order valence-electron chi connectivity index (χ2n) is 7.18. The molecule has 0 unspecified atom stereocenters. The molecule has 0 radical (unpaired) electrons. The predicted molar refractivity (Wildman–Crippen MR) is 103 cm³/mol. The number of benzene rings is 1. The SMILES string of the molecule is CCCCCCCCCCCC[PH](C)(C)c1ccccc1. The fraction of sp³-hybridized carbons (Fsp3) is 0.700. The quantitative estimate of drug-likeness (QED) is 0.316. The maximum absolute atomic E-state index is 2.52. The number of hydrogen-bond acceptors (Lipinski definition) is 0. The molecule has 0 saturated heterocycles. The van der Waals surface area contributed by atoms with Crippen LogP contribution in [0.15, 0.2) is 30.3 Å². The normalized spacial score (nSPS) is 12.5. The topological polar surface area (TPSA) is 0 Å². The van der Waals surface area contributed by atoms with E-state index in [1.807, 2.05) is 0 Å². The van der Waals surface area contributed by atoms with E-state index in [9.17, 15) is 0 Å². The van der Waals surface area contributed by atoms with Crippen molar-refractivity contribution in [2.75, 3.05) is 19.5 Å². The molecule has 0 fully saturated rings. The van der Waals surface area contributed by atoms with Crippen molar-refractivity contribution in [3.63, 3.8) is 0 Å². The van der Waals surface area contributed by atoms with E-state index in [0.29, 0.717) is 0 Å². The van der Waals surface area contributed by atoms with Crippen LogP contribution in [0.1, 0.15) is 71.1 Å². The molecular weight excluding hydrogens is 271 g/mol. The van der Waals surface area contributed by atoms with Gasteiger partial charge >= 0.3 is 134 Å². The zero-order chi connectivity index (χ0) is 15.4. The van der Waals surface area contributed by atoms with Gasteiger partial charge in [-0.05, 0) is 0 Å². The summed E-state index contributed by atoms with van der Waals surface area (Å²) in [5.41, 5.74) is 0. The van der Waals surface area contributed by atoms with E-state index in [0.717, 1.165) is 0 Å². The van der Waals surface area contributed by atoms with Crippen molar-refractivity contribution in [3.8, 4) is 0 Å². The zero-order valence-electron chi connectivity index (χ0n) is 14.7. The molecule has 0 heterocycles. The van der Waals surface area contributed by atoms with Crippen LogP contribution in [-0.2, 0) is 0 Å². The van der Waals surface area contributed by atoms with Gasteiger partial charge in [0.15, 0.2) is 0 Å². The van der Waals surface area contributed by atoms with Crippen molar-refractivity contribution in [3.05, 3.63) is 30.3 Å². The minimum absolute atomic E-state index is 1.17. The Morgan fingerprint density at radius 3 is 1.67 bits per heavy atom. The molecule has 0 aliphatic heterocycles. The average Bonchev–Trinajstić information content (AvgIpc) is 2.50. The van der Waals surface area contributed by atoms with Crippen molar-refractivity contribution < 1.29 is 0 Å². The summed E-state index contributed by atoms with van der Waals surface area (Å²) in [4.78, 5) is 0. The first-order valence-corrected chi connectivity index (χ1v) is 12.4. The van der Waals surface area contributed by atoms with Gasteiger partial charge in [-0.15, -0.1) is 0 Å². The van der Waals surface area contributed by atoms with Gasteiger partial charge in [-0.2, -0.15) is 0 Å². The molecule has 0 spiro atoms. The minimum atomic E-state index is -1.17. The Bertz CT molecular complexity index is 342. The van der Waals surface area contributed by atoms with Crippen molar-refractivity contribution in [2.24, 2.45) is 0 Å². The Kier molecular flexibility index (Phi) is 10.0. The van der Waals surface area contributed by atoms with Crippen LogP contribution in [0.4, 0.5) is 0 Å². The average molecular weight is 308 g/mol. The molecule has 0 nitrogen and oxygen atoms in total. The van der Waals surface area contributed by atoms with Gasteiger partial charge in [0.1, 0.15) is 0 Å². The van der Waals surface area contributed by atoms with Crippen LogP contribution in [0, 0.1) is 0 Å². The second-order valence-corrected chi connectivity index (χ2v) is 12.0. The molecule has 21 heavy (non-hydrogen) atoms. The third-order valence-corrected chi connectivity index (χ3v) is 8.21. The van der Waals surface area contributed by atoms with E-state index < -0.39 is 7.26 Å². The van der Waals surface area contributed by atoms with Crippen molar-refractivity contribution in [1.29, 1.82) is 0 Å². The molecule has 0 amide bonds. The molecule has 1 aromatic rings. The Hall–Kier alpha value is -0.350. The van der Waals surface area contributed by atoms with E-state index in [-0.39, 0.29) is 0 Å². The number of unbranched alkanes of at least 4 members (excludes halogenated alkanes) is 9. The van der Waals surface area contributed by atoms with Crippen LogP contribution in [0.3, 0.4) is 0 Å². The van der Waals surface area contributed by atoms with E-state index in [2.05, 4.69) is 50.6 Å². The van der Waals surface area contributed by atoms with E-state index in [4.69, 9.17) is 0 Å². The maximum atomic E-state index is 2.52. The summed E-state index contributed by atoms with van der Waals surface area (Å²) in [6.45, 7) is 7.34. The fourth-order valence-electron chi connectivity index (χ4n) is 3.09. The zero-order valence-corrected chi connectivity index (χ0v) is 15.7. The Balaban J connectivity index is 2.01. The fourth-order valence-corrected chi connectivity index (χ4v) is 5.61. The summed E-state index contributed by atoms with van der Waals surface area (Å²) >= 11 is 0. The van der Waals surface area contributed by atoms with Crippen LogP contribution in [0.25, 0.3) is 0 Å². The molecule has 122 valence electrons. The first-order valence-electron chi connectivity index (χ1n) is 9.22. The van der Waals surface area contributed by atoms with E-state index in [1.165, 1.54) is 70.4 Å².